The summed E-state index contributed by atoms with van der Waals surface area (Å²) in [6, 6.07) is 6.39. The van der Waals surface area contributed by atoms with Crippen molar-refractivity contribution in [2.45, 2.75) is 33.6 Å². The molecule has 2 rings (SSSR count). The van der Waals surface area contributed by atoms with Crippen molar-refractivity contribution in [1.29, 1.82) is 0 Å². The Hall–Kier alpha value is -1.17. The summed E-state index contributed by atoms with van der Waals surface area (Å²) in [5.74, 6) is 2.08. The van der Waals surface area contributed by atoms with Gasteiger partial charge in [-0.25, -0.2) is 9.97 Å². The first kappa shape index (κ1) is 15.2. The normalized spacial score (nSPS) is 10.9. The number of benzene rings is 1. The van der Waals surface area contributed by atoms with Crippen LogP contribution in [-0.2, 0) is 0 Å². The molecule has 2 aromatic rings. The molecule has 20 heavy (non-hydrogen) atoms. The molecule has 0 aliphatic heterocycles. The van der Waals surface area contributed by atoms with Crippen LogP contribution in [-0.4, -0.2) is 17.0 Å². The molecule has 0 amide bonds. The van der Waals surface area contributed by atoms with Crippen LogP contribution in [0.5, 0.6) is 0 Å². The van der Waals surface area contributed by atoms with E-state index in [-0.39, 0.29) is 0 Å². The van der Waals surface area contributed by atoms with Gasteiger partial charge >= 0.3 is 0 Å². The Morgan fingerprint density at radius 2 is 1.85 bits per heavy atom. The number of aromatic nitrogens is 2. The second-order valence-corrected chi connectivity index (χ2v) is 6.40. The number of aryl methyl sites for hydroxylation is 2. The van der Waals surface area contributed by atoms with Crippen molar-refractivity contribution in [2.24, 2.45) is 0 Å². The van der Waals surface area contributed by atoms with E-state index in [2.05, 4.69) is 78.8 Å². The smallest absolute Gasteiger partial charge is 0.162 e. The second-order valence-electron chi connectivity index (χ2n) is 5.32. The van der Waals surface area contributed by atoms with Crippen molar-refractivity contribution in [3.63, 3.8) is 0 Å². The molecule has 0 bridgehead atoms. The zero-order chi connectivity index (χ0) is 14.9. The molecule has 0 aliphatic rings. The minimum atomic E-state index is 0.376. The van der Waals surface area contributed by atoms with Gasteiger partial charge in [-0.2, -0.15) is 0 Å². The summed E-state index contributed by atoms with van der Waals surface area (Å²) in [6.07, 6.45) is 0. The summed E-state index contributed by atoms with van der Waals surface area (Å²) in [5, 5.41) is 3.17. The molecule has 1 aromatic heterocycles. The third kappa shape index (κ3) is 2.95. The first-order valence-electron chi connectivity index (χ1n) is 6.76. The molecule has 106 valence electrons. The van der Waals surface area contributed by atoms with Crippen molar-refractivity contribution < 1.29 is 0 Å². The molecule has 0 aliphatic carbocycles. The molecule has 3 nitrogen and oxygen atoms in total. The fraction of sp³-hybridized carbons (Fsp3) is 0.375. The number of hydrogen-bond donors (Lipinski definition) is 1. The van der Waals surface area contributed by atoms with E-state index in [0.29, 0.717) is 5.92 Å². The van der Waals surface area contributed by atoms with Gasteiger partial charge < -0.3 is 5.32 Å². The van der Waals surface area contributed by atoms with Crippen LogP contribution in [0.2, 0.25) is 0 Å². The zero-order valence-electron chi connectivity index (χ0n) is 12.6. The van der Waals surface area contributed by atoms with Gasteiger partial charge in [-0.3, -0.25) is 0 Å². The fourth-order valence-electron chi connectivity index (χ4n) is 2.20. The van der Waals surface area contributed by atoms with Crippen molar-refractivity contribution in [1.82, 2.24) is 9.97 Å². The lowest BCUT2D eigenvalue weighted by Crippen LogP contribution is -2.07. The summed E-state index contributed by atoms with van der Waals surface area (Å²) in [7, 11) is 1.90. The number of anilines is 1. The van der Waals surface area contributed by atoms with Crippen LogP contribution in [0.25, 0.3) is 11.4 Å². The Balaban J connectivity index is 2.65. The number of nitrogens with zero attached hydrogens (tertiary/aromatic N) is 2. The van der Waals surface area contributed by atoms with Gasteiger partial charge in [0.2, 0.25) is 0 Å². The number of nitrogens with one attached hydrogen (secondary N) is 1. The van der Waals surface area contributed by atoms with Crippen LogP contribution in [0.4, 0.5) is 5.82 Å². The summed E-state index contributed by atoms with van der Waals surface area (Å²) in [6.45, 7) is 8.54. The SMILES string of the molecule is CNc1nc(-c2ccc(C)cc2C)nc(C(C)C)c1I. The van der Waals surface area contributed by atoms with Crippen molar-refractivity contribution >= 4 is 28.4 Å². The summed E-state index contributed by atoms with van der Waals surface area (Å²) in [5.41, 5.74) is 4.67. The molecule has 0 atom stereocenters. The largest absolute Gasteiger partial charge is 0.372 e. The van der Waals surface area contributed by atoms with E-state index in [1.165, 1.54) is 11.1 Å². The molecule has 1 aromatic carbocycles. The van der Waals surface area contributed by atoms with Gasteiger partial charge in [0.05, 0.1) is 9.26 Å². The second kappa shape index (κ2) is 6.08. The quantitative estimate of drug-likeness (QED) is 0.794. The van der Waals surface area contributed by atoms with Gasteiger partial charge in [0, 0.05) is 12.6 Å². The number of hydrogen-bond acceptors (Lipinski definition) is 3. The van der Waals surface area contributed by atoms with Crippen LogP contribution in [0.15, 0.2) is 18.2 Å². The highest BCUT2D eigenvalue weighted by atomic mass is 127. The van der Waals surface area contributed by atoms with Crippen LogP contribution in [0.3, 0.4) is 0 Å². The zero-order valence-corrected chi connectivity index (χ0v) is 14.7. The molecular weight excluding hydrogens is 361 g/mol. The summed E-state index contributed by atoms with van der Waals surface area (Å²) in [4.78, 5) is 9.45. The summed E-state index contributed by atoms with van der Waals surface area (Å²) < 4.78 is 1.11. The minimum absolute atomic E-state index is 0.376. The molecule has 0 saturated heterocycles. The summed E-state index contributed by atoms with van der Waals surface area (Å²) >= 11 is 2.32. The standard InChI is InChI=1S/C16H20IN3/c1-9(2)14-13(17)16(18-5)20-15(19-14)12-7-6-10(3)8-11(12)4/h6-9H,1-5H3,(H,18,19,20). The lowest BCUT2D eigenvalue weighted by molar-refractivity contribution is 0.809. The minimum Gasteiger partial charge on any atom is -0.372 e. The number of halogens is 1. The van der Waals surface area contributed by atoms with E-state index in [9.17, 15) is 0 Å². The molecule has 0 radical (unpaired) electrons. The predicted molar refractivity (Wildman–Crippen MR) is 93.3 cm³/mol. The molecule has 0 fully saturated rings. The third-order valence-electron chi connectivity index (χ3n) is 3.28. The average Bonchev–Trinajstić information content (AvgIpc) is 2.39. The molecular formula is C16H20IN3. The van der Waals surface area contributed by atoms with Crippen LogP contribution < -0.4 is 5.32 Å². The van der Waals surface area contributed by atoms with E-state index in [1.54, 1.807) is 0 Å². The Morgan fingerprint density at radius 3 is 2.40 bits per heavy atom. The monoisotopic (exact) mass is 381 g/mol. The van der Waals surface area contributed by atoms with Gasteiger partial charge in [-0.05, 0) is 47.9 Å². The van der Waals surface area contributed by atoms with Gasteiger partial charge in [0.25, 0.3) is 0 Å². The third-order valence-corrected chi connectivity index (χ3v) is 4.35. The van der Waals surface area contributed by atoms with Crippen LogP contribution in [0, 0.1) is 17.4 Å². The lowest BCUT2D eigenvalue weighted by atomic mass is 10.0. The van der Waals surface area contributed by atoms with E-state index in [0.717, 1.165) is 26.5 Å². The molecule has 4 heteroatoms. The van der Waals surface area contributed by atoms with Crippen LogP contribution in [0.1, 0.15) is 36.6 Å². The van der Waals surface area contributed by atoms with Gasteiger partial charge in [-0.1, -0.05) is 37.6 Å². The maximum absolute atomic E-state index is 4.78. The molecule has 0 unspecified atom stereocenters. The number of rotatable bonds is 3. The Bertz CT molecular complexity index is 636. The predicted octanol–water partition coefficient (Wildman–Crippen LogP) is 4.53. The van der Waals surface area contributed by atoms with Gasteiger partial charge in [0.15, 0.2) is 5.82 Å². The van der Waals surface area contributed by atoms with Crippen molar-refractivity contribution in [3.8, 4) is 11.4 Å². The first-order valence-corrected chi connectivity index (χ1v) is 7.84. The molecule has 0 spiro atoms. The first-order chi connectivity index (χ1) is 9.43. The lowest BCUT2D eigenvalue weighted by Gasteiger charge is -2.14. The van der Waals surface area contributed by atoms with E-state index in [4.69, 9.17) is 4.98 Å². The van der Waals surface area contributed by atoms with Crippen LogP contribution >= 0.6 is 22.6 Å². The van der Waals surface area contributed by atoms with E-state index >= 15 is 0 Å². The Kier molecular flexibility index (Phi) is 4.62. The topological polar surface area (TPSA) is 37.8 Å². The highest BCUT2D eigenvalue weighted by molar-refractivity contribution is 14.1. The van der Waals surface area contributed by atoms with Gasteiger partial charge in [0.1, 0.15) is 5.82 Å². The molecule has 1 N–H and O–H groups in total. The Labute approximate surface area is 134 Å². The average molecular weight is 381 g/mol. The molecule has 1 heterocycles. The van der Waals surface area contributed by atoms with Gasteiger partial charge in [-0.15, -0.1) is 0 Å². The maximum atomic E-state index is 4.78. The van der Waals surface area contributed by atoms with E-state index < -0.39 is 0 Å². The fourth-order valence-corrected chi connectivity index (χ4v) is 3.33. The maximum Gasteiger partial charge on any atom is 0.162 e. The van der Waals surface area contributed by atoms with E-state index in [1.807, 2.05) is 7.05 Å². The highest BCUT2D eigenvalue weighted by Gasteiger charge is 2.16. The van der Waals surface area contributed by atoms with Crippen molar-refractivity contribution in [2.75, 3.05) is 12.4 Å². The Morgan fingerprint density at radius 1 is 1.15 bits per heavy atom. The van der Waals surface area contributed by atoms with Crippen molar-refractivity contribution in [3.05, 3.63) is 38.6 Å². The highest BCUT2D eigenvalue weighted by Crippen LogP contribution is 2.29. The molecule has 0 saturated carbocycles.